The van der Waals surface area contributed by atoms with Gasteiger partial charge in [0.1, 0.15) is 0 Å². The van der Waals surface area contributed by atoms with E-state index in [0.717, 1.165) is 16.9 Å². The Morgan fingerprint density at radius 2 is 1.42 bits per heavy atom. The largest absolute Gasteiger partial charge is 0.378 e. The quantitative estimate of drug-likeness (QED) is 0.604. The molecule has 0 radical (unpaired) electrons. The molecule has 0 saturated carbocycles. The molecular formula is C21H23N2O2P. The molecule has 1 unspecified atom stereocenters. The second kappa shape index (κ2) is 8.22. The van der Waals surface area contributed by atoms with E-state index in [4.69, 9.17) is 4.52 Å². The van der Waals surface area contributed by atoms with Crippen molar-refractivity contribution >= 4 is 24.2 Å². The van der Waals surface area contributed by atoms with Crippen LogP contribution in [0.2, 0.25) is 0 Å². The van der Waals surface area contributed by atoms with Crippen LogP contribution in [0.4, 0.5) is 11.4 Å². The predicted octanol–water partition coefficient (Wildman–Crippen LogP) is 4.90. The fraction of sp³-hybridized carbons (Fsp3) is 0.143. The Balaban J connectivity index is 1.88. The zero-order valence-electron chi connectivity index (χ0n) is 15.0. The second-order valence-corrected chi connectivity index (χ2v) is 8.30. The van der Waals surface area contributed by atoms with Gasteiger partial charge in [-0.25, -0.2) is 0 Å². The Kier molecular flexibility index (Phi) is 5.77. The van der Waals surface area contributed by atoms with Crippen LogP contribution in [0.25, 0.3) is 0 Å². The van der Waals surface area contributed by atoms with Crippen molar-refractivity contribution in [2.45, 2.75) is 6.61 Å². The van der Waals surface area contributed by atoms with Gasteiger partial charge in [-0.2, -0.15) is 0 Å². The van der Waals surface area contributed by atoms with Crippen LogP contribution >= 0.6 is 7.52 Å². The number of anilines is 2. The SMILES string of the molecule is CN(C)c1ccc(P(=O)(Nc2ccccc2)OCc2ccccc2)cc1. The summed E-state index contributed by atoms with van der Waals surface area (Å²) in [5.74, 6) is 0. The Hall–Kier alpha value is -2.55. The number of rotatable bonds is 7. The minimum Gasteiger partial charge on any atom is -0.378 e. The fourth-order valence-electron chi connectivity index (χ4n) is 2.54. The monoisotopic (exact) mass is 366 g/mol. The van der Waals surface area contributed by atoms with Gasteiger partial charge in [-0.05, 0) is 42.0 Å². The van der Waals surface area contributed by atoms with Crippen LogP contribution in [0.3, 0.4) is 0 Å². The van der Waals surface area contributed by atoms with E-state index in [-0.39, 0.29) is 6.61 Å². The molecular weight excluding hydrogens is 343 g/mol. The molecule has 1 N–H and O–H groups in total. The number of nitrogens with zero attached hydrogens (tertiary/aromatic N) is 1. The van der Waals surface area contributed by atoms with E-state index in [1.165, 1.54) is 0 Å². The Morgan fingerprint density at radius 3 is 2.00 bits per heavy atom. The highest BCUT2D eigenvalue weighted by Gasteiger charge is 2.26. The second-order valence-electron chi connectivity index (χ2n) is 6.20. The van der Waals surface area contributed by atoms with E-state index in [0.29, 0.717) is 5.30 Å². The number of nitrogens with one attached hydrogen (secondary N) is 1. The van der Waals surface area contributed by atoms with Crippen LogP contribution in [0.5, 0.6) is 0 Å². The molecule has 5 heteroatoms. The molecule has 0 aliphatic rings. The summed E-state index contributed by atoms with van der Waals surface area (Å²) in [5.41, 5.74) is 2.79. The smallest absolute Gasteiger partial charge is 0.324 e. The molecule has 0 fully saturated rings. The lowest BCUT2D eigenvalue weighted by Gasteiger charge is -2.22. The van der Waals surface area contributed by atoms with Gasteiger partial charge in [-0.1, -0.05) is 48.5 Å². The van der Waals surface area contributed by atoms with Crippen LogP contribution in [0.15, 0.2) is 84.9 Å². The normalized spacial score (nSPS) is 13.0. The molecule has 3 rings (SSSR count). The first-order valence-corrected chi connectivity index (χ1v) is 10.1. The van der Waals surface area contributed by atoms with Gasteiger partial charge in [0.2, 0.25) is 0 Å². The Morgan fingerprint density at radius 1 is 0.846 bits per heavy atom. The zero-order chi connectivity index (χ0) is 18.4. The van der Waals surface area contributed by atoms with Crippen molar-refractivity contribution in [2.75, 3.05) is 24.1 Å². The average molecular weight is 366 g/mol. The van der Waals surface area contributed by atoms with Gasteiger partial charge >= 0.3 is 7.52 Å². The molecule has 0 spiro atoms. The molecule has 3 aromatic carbocycles. The van der Waals surface area contributed by atoms with Crippen molar-refractivity contribution in [3.05, 3.63) is 90.5 Å². The number of hydrogen-bond donors (Lipinski definition) is 1. The van der Waals surface area contributed by atoms with Crippen LogP contribution in [-0.2, 0) is 15.7 Å². The Bertz CT molecular complexity index is 866. The van der Waals surface area contributed by atoms with Gasteiger partial charge in [-0.3, -0.25) is 4.57 Å². The van der Waals surface area contributed by atoms with Crippen molar-refractivity contribution in [2.24, 2.45) is 0 Å². The van der Waals surface area contributed by atoms with Crippen molar-refractivity contribution in [3.8, 4) is 0 Å². The predicted molar refractivity (Wildman–Crippen MR) is 109 cm³/mol. The lowest BCUT2D eigenvalue weighted by Crippen LogP contribution is -2.16. The van der Waals surface area contributed by atoms with Gasteiger partial charge in [0.15, 0.2) is 0 Å². The van der Waals surface area contributed by atoms with Gasteiger partial charge in [0.25, 0.3) is 0 Å². The van der Waals surface area contributed by atoms with Gasteiger partial charge in [0, 0.05) is 25.5 Å². The summed E-state index contributed by atoms with van der Waals surface area (Å²) in [4.78, 5) is 2.00. The highest BCUT2D eigenvalue weighted by molar-refractivity contribution is 7.68. The minimum atomic E-state index is -3.28. The molecule has 1 atom stereocenters. The summed E-state index contributed by atoms with van der Waals surface area (Å²) in [6, 6.07) is 26.9. The summed E-state index contributed by atoms with van der Waals surface area (Å²) < 4.78 is 19.6. The first-order valence-electron chi connectivity index (χ1n) is 8.47. The van der Waals surface area contributed by atoms with Crippen LogP contribution < -0.4 is 15.3 Å². The summed E-state index contributed by atoms with van der Waals surface area (Å²) in [6.45, 7) is 0.271. The summed E-state index contributed by atoms with van der Waals surface area (Å²) in [6.07, 6.45) is 0. The van der Waals surface area contributed by atoms with Crippen LogP contribution in [0, 0.1) is 0 Å². The molecule has 134 valence electrons. The standard InChI is InChI=1S/C21H23N2O2P/c1-23(2)20-13-15-21(16-14-20)26(24,22-19-11-7-4-8-12-19)25-17-18-9-5-3-6-10-18/h3-16H,17H2,1-2H3,(H,22,24). The van der Waals surface area contributed by atoms with Gasteiger partial charge in [0.05, 0.1) is 11.9 Å². The molecule has 26 heavy (non-hydrogen) atoms. The third kappa shape index (κ3) is 4.54. The highest BCUT2D eigenvalue weighted by Crippen LogP contribution is 2.46. The fourth-order valence-corrected chi connectivity index (χ4v) is 4.24. The van der Waals surface area contributed by atoms with E-state index in [1.807, 2.05) is 104 Å². The maximum absolute atomic E-state index is 13.7. The molecule has 0 saturated heterocycles. The lowest BCUT2D eigenvalue weighted by molar-refractivity contribution is 0.313. The summed E-state index contributed by atoms with van der Waals surface area (Å²) >= 11 is 0. The molecule has 3 aromatic rings. The molecule has 0 aliphatic carbocycles. The topological polar surface area (TPSA) is 41.6 Å². The van der Waals surface area contributed by atoms with E-state index in [9.17, 15) is 4.57 Å². The Labute approximate surface area is 154 Å². The third-order valence-corrected chi connectivity index (χ3v) is 6.04. The number of hydrogen-bond acceptors (Lipinski definition) is 3. The maximum atomic E-state index is 13.7. The number of benzene rings is 3. The summed E-state index contributed by atoms with van der Waals surface area (Å²) in [5, 5.41) is 3.75. The third-order valence-electron chi connectivity index (χ3n) is 4.01. The van der Waals surface area contributed by atoms with E-state index >= 15 is 0 Å². The van der Waals surface area contributed by atoms with Crippen molar-refractivity contribution in [3.63, 3.8) is 0 Å². The van der Waals surface area contributed by atoms with Crippen molar-refractivity contribution < 1.29 is 9.09 Å². The van der Waals surface area contributed by atoms with Crippen molar-refractivity contribution in [1.82, 2.24) is 0 Å². The van der Waals surface area contributed by atoms with Gasteiger partial charge < -0.3 is 14.5 Å². The molecule has 0 amide bonds. The summed E-state index contributed by atoms with van der Waals surface area (Å²) in [7, 11) is 0.672. The maximum Gasteiger partial charge on any atom is 0.324 e. The molecule has 4 nitrogen and oxygen atoms in total. The van der Waals surface area contributed by atoms with Crippen LogP contribution in [0.1, 0.15) is 5.56 Å². The highest BCUT2D eigenvalue weighted by atomic mass is 31.2. The van der Waals surface area contributed by atoms with Gasteiger partial charge in [-0.15, -0.1) is 0 Å². The van der Waals surface area contributed by atoms with E-state index in [1.54, 1.807) is 0 Å². The molecule has 0 aliphatic heterocycles. The van der Waals surface area contributed by atoms with E-state index < -0.39 is 7.52 Å². The minimum absolute atomic E-state index is 0.271. The average Bonchev–Trinajstić information content (AvgIpc) is 2.68. The first-order chi connectivity index (χ1) is 12.6. The molecule has 0 heterocycles. The van der Waals surface area contributed by atoms with Crippen molar-refractivity contribution in [1.29, 1.82) is 0 Å². The van der Waals surface area contributed by atoms with E-state index in [2.05, 4.69) is 5.09 Å². The molecule has 0 bridgehead atoms. The van der Waals surface area contributed by atoms with Crippen LogP contribution in [-0.4, -0.2) is 14.1 Å². The number of para-hydroxylation sites is 1. The zero-order valence-corrected chi connectivity index (χ0v) is 15.9. The first kappa shape index (κ1) is 18.2. The molecule has 0 aromatic heterocycles. The lowest BCUT2D eigenvalue weighted by atomic mass is 10.2.